The number of hydrogen-bond acceptors (Lipinski definition) is 2. The van der Waals surface area contributed by atoms with Crippen molar-refractivity contribution < 1.29 is 13.2 Å². The Morgan fingerprint density at radius 3 is 2.69 bits per heavy atom. The van der Waals surface area contributed by atoms with Gasteiger partial charge in [-0.15, -0.1) is 0 Å². The van der Waals surface area contributed by atoms with Crippen molar-refractivity contribution in [1.82, 2.24) is 0 Å². The molecule has 1 aliphatic heterocycles. The van der Waals surface area contributed by atoms with E-state index in [0.717, 1.165) is 11.3 Å². The lowest BCUT2D eigenvalue weighted by Crippen LogP contribution is -2.28. The molecule has 0 amide bonds. The van der Waals surface area contributed by atoms with Crippen LogP contribution in [0.3, 0.4) is 0 Å². The zero-order valence-electron chi connectivity index (χ0n) is 7.14. The summed E-state index contributed by atoms with van der Waals surface area (Å²) in [6.07, 6.45) is 0.637. The van der Waals surface area contributed by atoms with Gasteiger partial charge in [-0.3, -0.25) is 4.99 Å². The first kappa shape index (κ1) is 10.6. The fraction of sp³-hybridized carbons (Fsp3) is 0.625. The van der Waals surface area contributed by atoms with Crippen LogP contribution in [-0.2, 0) is 0 Å². The standard InChI is InChI=1S/C8H10F3NS/c1-13-5-6-2-3-7(12-4-6)8(9,10)11/h2,4,7H,3,5H2,1H3. The quantitative estimate of drug-likeness (QED) is 0.681. The van der Waals surface area contributed by atoms with Crippen LogP contribution in [0, 0.1) is 0 Å². The van der Waals surface area contributed by atoms with E-state index in [1.54, 1.807) is 17.8 Å². The number of hydrogen-bond donors (Lipinski definition) is 0. The Kier molecular flexibility index (Phi) is 3.41. The summed E-state index contributed by atoms with van der Waals surface area (Å²) in [5.74, 6) is 0.730. The van der Waals surface area contributed by atoms with E-state index in [9.17, 15) is 13.2 Å². The van der Waals surface area contributed by atoms with E-state index < -0.39 is 12.2 Å². The summed E-state index contributed by atoms with van der Waals surface area (Å²) in [4.78, 5) is 3.47. The molecule has 1 unspecified atom stereocenters. The highest BCUT2D eigenvalue weighted by molar-refractivity contribution is 7.98. The monoisotopic (exact) mass is 209 g/mol. The second kappa shape index (κ2) is 4.17. The molecule has 0 spiro atoms. The van der Waals surface area contributed by atoms with Crippen molar-refractivity contribution in [2.75, 3.05) is 12.0 Å². The summed E-state index contributed by atoms with van der Waals surface area (Å²) in [5, 5.41) is 0. The van der Waals surface area contributed by atoms with Gasteiger partial charge in [-0.1, -0.05) is 6.08 Å². The van der Waals surface area contributed by atoms with Gasteiger partial charge in [-0.2, -0.15) is 24.9 Å². The highest BCUT2D eigenvalue weighted by Gasteiger charge is 2.39. The molecule has 1 aliphatic rings. The van der Waals surface area contributed by atoms with Crippen LogP contribution in [0.25, 0.3) is 0 Å². The zero-order valence-corrected chi connectivity index (χ0v) is 7.95. The highest BCUT2D eigenvalue weighted by Crippen LogP contribution is 2.27. The number of aliphatic imine (C=N–C) groups is 1. The van der Waals surface area contributed by atoms with E-state index in [1.165, 1.54) is 6.21 Å². The Morgan fingerprint density at radius 2 is 2.31 bits per heavy atom. The first-order valence-corrected chi connectivity index (χ1v) is 5.21. The van der Waals surface area contributed by atoms with E-state index in [1.807, 2.05) is 6.26 Å². The molecule has 1 rings (SSSR count). The van der Waals surface area contributed by atoms with Gasteiger partial charge in [-0.05, 0) is 18.2 Å². The van der Waals surface area contributed by atoms with Crippen LogP contribution in [0.2, 0.25) is 0 Å². The first-order valence-electron chi connectivity index (χ1n) is 3.82. The van der Waals surface area contributed by atoms with Crippen LogP contribution < -0.4 is 0 Å². The summed E-state index contributed by atoms with van der Waals surface area (Å²) in [6, 6.07) is -1.53. The van der Waals surface area contributed by atoms with Crippen LogP contribution in [0.15, 0.2) is 16.6 Å². The molecule has 0 aromatic carbocycles. The minimum Gasteiger partial charge on any atom is -0.280 e. The first-order chi connectivity index (χ1) is 6.04. The number of rotatable bonds is 2. The normalized spacial score (nSPS) is 23.1. The van der Waals surface area contributed by atoms with Crippen LogP contribution in [0.4, 0.5) is 13.2 Å². The van der Waals surface area contributed by atoms with Crippen LogP contribution in [0.5, 0.6) is 0 Å². The number of halogens is 3. The Hall–Kier alpha value is -0.450. The average molecular weight is 209 g/mol. The van der Waals surface area contributed by atoms with Gasteiger partial charge < -0.3 is 0 Å². The van der Waals surface area contributed by atoms with Crippen LogP contribution >= 0.6 is 11.8 Å². The minimum atomic E-state index is -4.20. The molecular weight excluding hydrogens is 199 g/mol. The lowest BCUT2D eigenvalue weighted by Gasteiger charge is -2.18. The molecule has 5 heteroatoms. The lowest BCUT2D eigenvalue weighted by atomic mass is 10.1. The van der Waals surface area contributed by atoms with Crippen LogP contribution in [0.1, 0.15) is 6.42 Å². The minimum absolute atomic E-state index is 0.0180. The Labute approximate surface area is 79.1 Å². The van der Waals surface area contributed by atoms with E-state index in [4.69, 9.17) is 0 Å². The molecule has 0 aliphatic carbocycles. The van der Waals surface area contributed by atoms with Crippen molar-refractivity contribution in [1.29, 1.82) is 0 Å². The SMILES string of the molecule is CSCC1=CCC(C(F)(F)F)N=C1. The van der Waals surface area contributed by atoms with Gasteiger partial charge in [0, 0.05) is 12.0 Å². The van der Waals surface area contributed by atoms with Crippen molar-refractivity contribution >= 4 is 18.0 Å². The topological polar surface area (TPSA) is 12.4 Å². The van der Waals surface area contributed by atoms with E-state index in [2.05, 4.69) is 4.99 Å². The predicted octanol–water partition coefficient (Wildman–Crippen LogP) is 2.68. The third kappa shape index (κ3) is 3.06. The molecule has 1 atom stereocenters. The molecule has 13 heavy (non-hydrogen) atoms. The lowest BCUT2D eigenvalue weighted by molar-refractivity contribution is -0.146. The fourth-order valence-corrected chi connectivity index (χ4v) is 1.57. The van der Waals surface area contributed by atoms with Gasteiger partial charge in [0.05, 0.1) is 0 Å². The van der Waals surface area contributed by atoms with Gasteiger partial charge in [0.15, 0.2) is 0 Å². The van der Waals surface area contributed by atoms with E-state index in [-0.39, 0.29) is 6.42 Å². The molecule has 0 bridgehead atoms. The molecular formula is C8H10F3NS. The second-order valence-electron chi connectivity index (χ2n) is 2.78. The van der Waals surface area contributed by atoms with Crippen molar-refractivity contribution in [2.24, 2.45) is 4.99 Å². The maximum atomic E-state index is 12.1. The summed E-state index contributed by atoms with van der Waals surface area (Å²) in [6.45, 7) is 0. The molecule has 1 heterocycles. The maximum absolute atomic E-state index is 12.1. The highest BCUT2D eigenvalue weighted by atomic mass is 32.2. The molecule has 0 fully saturated rings. The Bertz CT molecular complexity index is 232. The summed E-state index contributed by atoms with van der Waals surface area (Å²) < 4.78 is 36.3. The average Bonchev–Trinajstić information content (AvgIpc) is 2.04. The molecule has 0 saturated carbocycles. The molecule has 0 aromatic rings. The van der Waals surface area contributed by atoms with Gasteiger partial charge in [0.25, 0.3) is 0 Å². The van der Waals surface area contributed by atoms with Gasteiger partial charge in [0.2, 0.25) is 0 Å². The van der Waals surface area contributed by atoms with E-state index >= 15 is 0 Å². The van der Waals surface area contributed by atoms with Gasteiger partial charge >= 0.3 is 6.18 Å². The van der Waals surface area contributed by atoms with Crippen molar-refractivity contribution in [3.63, 3.8) is 0 Å². The molecule has 0 saturated heterocycles. The molecule has 0 radical (unpaired) electrons. The van der Waals surface area contributed by atoms with E-state index in [0.29, 0.717) is 0 Å². The number of nitrogens with zero attached hydrogens (tertiary/aromatic N) is 1. The third-order valence-electron chi connectivity index (χ3n) is 1.71. The van der Waals surface area contributed by atoms with Gasteiger partial charge in [0.1, 0.15) is 6.04 Å². The third-order valence-corrected chi connectivity index (χ3v) is 2.33. The number of alkyl halides is 3. The van der Waals surface area contributed by atoms with Crippen molar-refractivity contribution in [3.05, 3.63) is 11.6 Å². The van der Waals surface area contributed by atoms with Crippen molar-refractivity contribution in [3.8, 4) is 0 Å². The molecule has 0 N–H and O–H groups in total. The van der Waals surface area contributed by atoms with Gasteiger partial charge in [-0.25, -0.2) is 0 Å². The summed E-state index contributed by atoms with van der Waals surface area (Å²) in [5.41, 5.74) is 0.882. The fourth-order valence-electron chi connectivity index (χ4n) is 1.04. The van der Waals surface area contributed by atoms with Crippen molar-refractivity contribution in [2.45, 2.75) is 18.6 Å². The number of thioether (sulfide) groups is 1. The smallest absolute Gasteiger partial charge is 0.280 e. The zero-order chi connectivity index (χ0) is 9.90. The maximum Gasteiger partial charge on any atom is 0.411 e. The molecule has 0 aromatic heterocycles. The Morgan fingerprint density at radius 1 is 1.62 bits per heavy atom. The second-order valence-corrected chi connectivity index (χ2v) is 3.65. The summed E-state index contributed by atoms with van der Waals surface area (Å²) in [7, 11) is 0. The largest absolute Gasteiger partial charge is 0.411 e. The summed E-state index contributed by atoms with van der Waals surface area (Å²) >= 11 is 1.58. The predicted molar refractivity (Wildman–Crippen MR) is 49.4 cm³/mol. The molecule has 74 valence electrons. The van der Waals surface area contributed by atoms with Crippen LogP contribution in [-0.4, -0.2) is 30.4 Å². The molecule has 1 nitrogen and oxygen atoms in total. The number of dihydropyridines is 1. The Balaban J connectivity index is 2.53.